The Labute approximate surface area is 111 Å². The molecule has 0 radical (unpaired) electrons. The molecule has 0 bridgehead atoms. The Morgan fingerprint density at radius 1 is 0.800 bits per heavy atom. The van der Waals surface area contributed by atoms with Gasteiger partial charge in [-0.3, -0.25) is 0 Å². The van der Waals surface area contributed by atoms with Crippen LogP contribution in [0.25, 0.3) is 11.1 Å². The van der Waals surface area contributed by atoms with Crippen LogP contribution in [-0.4, -0.2) is 0 Å². The molecule has 15 heavy (non-hydrogen) atoms. The molecule has 0 saturated heterocycles. The van der Waals surface area contributed by atoms with Crippen LogP contribution < -0.4 is 0 Å². The van der Waals surface area contributed by atoms with Gasteiger partial charge in [0.15, 0.2) is 0 Å². The number of hydrogen-bond donors (Lipinski definition) is 0. The van der Waals surface area contributed by atoms with Gasteiger partial charge in [-0.2, -0.15) is 0 Å². The third-order valence-electron chi connectivity index (χ3n) is 2.08. The van der Waals surface area contributed by atoms with Crippen LogP contribution in [0.3, 0.4) is 0 Å². The van der Waals surface area contributed by atoms with E-state index in [-0.39, 0.29) is 0 Å². The molecule has 2 aromatic carbocycles. The first-order chi connectivity index (χ1) is 7.16. The van der Waals surface area contributed by atoms with E-state index < -0.39 is 0 Å². The minimum Gasteiger partial charge on any atom is -0.0837 e. The Morgan fingerprint density at radius 2 is 1.40 bits per heavy atom. The van der Waals surface area contributed by atoms with Crippen LogP contribution in [0.2, 0.25) is 5.02 Å². The van der Waals surface area contributed by atoms with Gasteiger partial charge in [-0.15, -0.1) is 0 Å². The largest absolute Gasteiger partial charge is 0.0837 e. The van der Waals surface area contributed by atoms with Crippen LogP contribution in [0.5, 0.6) is 0 Å². The molecular formula is C12H7Br2Cl. The summed E-state index contributed by atoms with van der Waals surface area (Å²) in [6.45, 7) is 0. The first kappa shape index (κ1) is 11.2. The zero-order valence-electron chi connectivity index (χ0n) is 7.68. The normalized spacial score (nSPS) is 10.3. The summed E-state index contributed by atoms with van der Waals surface area (Å²) in [6, 6.07) is 13.9. The van der Waals surface area contributed by atoms with Crippen molar-refractivity contribution in [2.75, 3.05) is 0 Å². The average molecular weight is 346 g/mol. The summed E-state index contributed by atoms with van der Waals surface area (Å²) < 4.78 is 2.10. The van der Waals surface area contributed by atoms with Crippen molar-refractivity contribution in [3.05, 3.63) is 56.4 Å². The zero-order valence-corrected chi connectivity index (χ0v) is 11.6. The second-order valence-corrected chi connectivity index (χ2v) is 5.37. The molecule has 0 unspecified atom stereocenters. The zero-order chi connectivity index (χ0) is 10.8. The summed E-state index contributed by atoms with van der Waals surface area (Å²) in [5.74, 6) is 0. The summed E-state index contributed by atoms with van der Waals surface area (Å²) >= 11 is 13.0. The van der Waals surface area contributed by atoms with Gasteiger partial charge in [-0.25, -0.2) is 0 Å². The molecule has 0 amide bonds. The van der Waals surface area contributed by atoms with E-state index in [0.717, 1.165) is 25.1 Å². The molecule has 2 rings (SSSR count). The van der Waals surface area contributed by atoms with Crippen LogP contribution in [0, 0.1) is 0 Å². The third kappa shape index (κ3) is 2.63. The van der Waals surface area contributed by atoms with Crippen molar-refractivity contribution in [1.82, 2.24) is 0 Å². The van der Waals surface area contributed by atoms with Gasteiger partial charge in [0.2, 0.25) is 0 Å². The summed E-state index contributed by atoms with van der Waals surface area (Å²) in [4.78, 5) is 0. The van der Waals surface area contributed by atoms with Crippen molar-refractivity contribution >= 4 is 43.5 Å². The van der Waals surface area contributed by atoms with Crippen LogP contribution in [0.4, 0.5) is 0 Å². The topological polar surface area (TPSA) is 0 Å². The molecule has 0 saturated carbocycles. The lowest BCUT2D eigenvalue weighted by Crippen LogP contribution is -1.79. The van der Waals surface area contributed by atoms with Gasteiger partial charge in [0, 0.05) is 19.5 Å². The molecule has 0 aliphatic carbocycles. The minimum absolute atomic E-state index is 0.764. The molecule has 2 aromatic rings. The lowest BCUT2D eigenvalue weighted by atomic mass is 10.1. The molecule has 76 valence electrons. The highest BCUT2D eigenvalue weighted by atomic mass is 79.9. The van der Waals surface area contributed by atoms with Gasteiger partial charge in [0.05, 0.1) is 0 Å². The molecule has 0 nitrogen and oxygen atoms in total. The smallest absolute Gasteiger partial charge is 0.0485 e. The van der Waals surface area contributed by atoms with Crippen LogP contribution >= 0.6 is 43.5 Å². The molecule has 0 N–H and O–H groups in total. The molecule has 0 heterocycles. The SMILES string of the molecule is Clc1ccc(Br)cc1-c1ccc(Br)cc1. The monoisotopic (exact) mass is 344 g/mol. The number of hydrogen-bond acceptors (Lipinski definition) is 0. The molecule has 0 fully saturated rings. The Bertz CT molecular complexity index is 477. The van der Waals surface area contributed by atoms with E-state index in [0.29, 0.717) is 0 Å². The summed E-state index contributed by atoms with van der Waals surface area (Å²) in [6.07, 6.45) is 0. The summed E-state index contributed by atoms with van der Waals surface area (Å²) in [5.41, 5.74) is 2.16. The van der Waals surface area contributed by atoms with E-state index in [9.17, 15) is 0 Å². The fraction of sp³-hybridized carbons (Fsp3) is 0. The van der Waals surface area contributed by atoms with Crippen LogP contribution in [0.1, 0.15) is 0 Å². The Morgan fingerprint density at radius 3 is 2.07 bits per heavy atom. The molecular weight excluding hydrogens is 339 g/mol. The molecule has 0 atom stereocenters. The van der Waals surface area contributed by atoms with Gasteiger partial charge in [0.25, 0.3) is 0 Å². The second-order valence-electron chi connectivity index (χ2n) is 3.13. The quantitative estimate of drug-likeness (QED) is 0.637. The first-order valence-electron chi connectivity index (χ1n) is 4.38. The fourth-order valence-corrected chi connectivity index (χ4v) is 2.20. The van der Waals surface area contributed by atoms with Gasteiger partial charge < -0.3 is 0 Å². The lowest BCUT2D eigenvalue weighted by Gasteiger charge is -2.05. The maximum atomic E-state index is 6.14. The second kappa shape index (κ2) is 4.69. The Hall–Kier alpha value is -0.310. The van der Waals surface area contributed by atoms with Crippen LogP contribution in [-0.2, 0) is 0 Å². The molecule has 0 spiro atoms. The van der Waals surface area contributed by atoms with Crippen molar-refractivity contribution in [2.45, 2.75) is 0 Å². The third-order valence-corrected chi connectivity index (χ3v) is 3.44. The van der Waals surface area contributed by atoms with Gasteiger partial charge >= 0.3 is 0 Å². The Kier molecular flexibility index (Phi) is 3.49. The van der Waals surface area contributed by atoms with Crippen LogP contribution in [0.15, 0.2) is 51.4 Å². The van der Waals surface area contributed by atoms with Gasteiger partial charge in [0.1, 0.15) is 0 Å². The standard InChI is InChI=1S/C12H7Br2Cl/c13-9-3-1-8(2-4-9)11-7-10(14)5-6-12(11)15/h1-7H. The number of rotatable bonds is 1. The molecule has 0 aliphatic rings. The predicted molar refractivity (Wildman–Crippen MR) is 72.3 cm³/mol. The van der Waals surface area contributed by atoms with Crippen molar-refractivity contribution in [1.29, 1.82) is 0 Å². The van der Waals surface area contributed by atoms with Gasteiger partial charge in [-0.1, -0.05) is 55.6 Å². The highest BCUT2D eigenvalue weighted by molar-refractivity contribution is 9.10. The first-order valence-corrected chi connectivity index (χ1v) is 6.34. The lowest BCUT2D eigenvalue weighted by molar-refractivity contribution is 1.57. The van der Waals surface area contributed by atoms with E-state index in [1.165, 1.54) is 0 Å². The van der Waals surface area contributed by atoms with Crippen molar-refractivity contribution < 1.29 is 0 Å². The molecule has 3 heteroatoms. The molecule has 0 aliphatic heterocycles. The Balaban J connectivity index is 2.53. The van der Waals surface area contributed by atoms with E-state index >= 15 is 0 Å². The number of benzene rings is 2. The fourth-order valence-electron chi connectivity index (χ4n) is 1.35. The average Bonchev–Trinajstić information content (AvgIpc) is 2.23. The van der Waals surface area contributed by atoms with E-state index in [2.05, 4.69) is 31.9 Å². The maximum Gasteiger partial charge on any atom is 0.0485 e. The van der Waals surface area contributed by atoms with Crippen molar-refractivity contribution in [2.24, 2.45) is 0 Å². The minimum atomic E-state index is 0.764. The van der Waals surface area contributed by atoms with E-state index in [4.69, 9.17) is 11.6 Å². The maximum absolute atomic E-state index is 6.14. The highest BCUT2D eigenvalue weighted by Gasteiger charge is 2.03. The summed E-state index contributed by atoms with van der Waals surface area (Å²) in [7, 11) is 0. The summed E-state index contributed by atoms with van der Waals surface area (Å²) in [5, 5.41) is 0.764. The van der Waals surface area contributed by atoms with Gasteiger partial charge in [-0.05, 0) is 35.9 Å². The van der Waals surface area contributed by atoms with E-state index in [1.54, 1.807) is 0 Å². The van der Waals surface area contributed by atoms with Crippen molar-refractivity contribution in [3.63, 3.8) is 0 Å². The van der Waals surface area contributed by atoms with Crippen molar-refractivity contribution in [3.8, 4) is 11.1 Å². The highest BCUT2D eigenvalue weighted by Crippen LogP contribution is 2.31. The molecule has 0 aromatic heterocycles. The number of halogens is 3. The predicted octanol–water partition coefficient (Wildman–Crippen LogP) is 5.53. The van der Waals surface area contributed by atoms with E-state index in [1.807, 2.05) is 42.5 Å².